The third-order valence-electron chi connectivity index (χ3n) is 3.40. The Bertz CT molecular complexity index is 495. The molecule has 110 valence electrons. The Kier molecular flexibility index (Phi) is 5.11. The first-order valence-corrected chi connectivity index (χ1v) is 7.52. The van der Waals surface area contributed by atoms with Gasteiger partial charge in [-0.15, -0.1) is 0 Å². The first kappa shape index (κ1) is 15.0. The number of carbonyl (C=O) groups is 1. The van der Waals surface area contributed by atoms with Gasteiger partial charge in [0.2, 0.25) is 5.91 Å². The van der Waals surface area contributed by atoms with Crippen LogP contribution >= 0.6 is 15.9 Å². The summed E-state index contributed by atoms with van der Waals surface area (Å²) in [5.74, 6) is -0.422. The Labute approximate surface area is 125 Å². The van der Waals surface area contributed by atoms with Gasteiger partial charge in [-0.3, -0.25) is 4.79 Å². The van der Waals surface area contributed by atoms with Gasteiger partial charge >= 0.3 is 5.82 Å². The zero-order valence-corrected chi connectivity index (χ0v) is 12.6. The van der Waals surface area contributed by atoms with Gasteiger partial charge in [-0.05, 0) is 33.7 Å². The molecule has 8 heteroatoms. The van der Waals surface area contributed by atoms with Crippen molar-refractivity contribution in [2.24, 2.45) is 0 Å². The van der Waals surface area contributed by atoms with Gasteiger partial charge in [-0.25, -0.2) is 0 Å². The van der Waals surface area contributed by atoms with E-state index in [2.05, 4.69) is 26.3 Å². The van der Waals surface area contributed by atoms with E-state index < -0.39 is 4.92 Å². The van der Waals surface area contributed by atoms with Crippen LogP contribution in [-0.4, -0.2) is 26.7 Å². The quantitative estimate of drug-likeness (QED) is 0.515. The van der Waals surface area contributed by atoms with E-state index in [1.807, 2.05) is 0 Å². The topological polar surface area (TPSA) is 90.1 Å². The van der Waals surface area contributed by atoms with Crippen molar-refractivity contribution >= 4 is 27.7 Å². The number of nitrogens with one attached hydrogen (secondary N) is 1. The summed E-state index contributed by atoms with van der Waals surface area (Å²) < 4.78 is 1.57. The molecule has 2 rings (SSSR count). The van der Waals surface area contributed by atoms with Crippen LogP contribution in [0.1, 0.15) is 38.5 Å². The molecule has 0 spiro atoms. The molecule has 1 heterocycles. The highest BCUT2D eigenvalue weighted by Crippen LogP contribution is 2.22. The number of nitro groups is 1. The van der Waals surface area contributed by atoms with Gasteiger partial charge in [0, 0.05) is 6.04 Å². The van der Waals surface area contributed by atoms with E-state index in [-0.39, 0.29) is 28.8 Å². The first-order chi connectivity index (χ1) is 9.56. The van der Waals surface area contributed by atoms with Crippen LogP contribution in [0.3, 0.4) is 0 Å². The van der Waals surface area contributed by atoms with E-state index in [4.69, 9.17) is 0 Å². The third-order valence-corrected chi connectivity index (χ3v) is 3.96. The van der Waals surface area contributed by atoms with Crippen LogP contribution in [-0.2, 0) is 11.3 Å². The highest BCUT2D eigenvalue weighted by Gasteiger charge is 2.21. The van der Waals surface area contributed by atoms with E-state index in [0.717, 1.165) is 25.7 Å². The molecule has 1 aliphatic carbocycles. The minimum atomic E-state index is -0.580. The summed E-state index contributed by atoms with van der Waals surface area (Å²) in [6.45, 7) is 0.00292. The number of aromatic nitrogens is 2. The number of carbonyl (C=O) groups excluding carboxylic acids is 1. The first-order valence-electron chi connectivity index (χ1n) is 6.73. The SMILES string of the molecule is O=C(Cn1cc(Br)c([N+](=O)[O-])n1)NC1CCCCCC1. The maximum atomic E-state index is 11.9. The van der Waals surface area contributed by atoms with Crippen molar-refractivity contribution in [3.63, 3.8) is 0 Å². The number of nitrogens with zero attached hydrogens (tertiary/aromatic N) is 3. The summed E-state index contributed by atoms with van der Waals surface area (Å²) in [5.41, 5.74) is 0. The average Bonchev–Trinajstić information content (AvgIpc) is 2.59. The van der Waals surface area contributed by atoms with Gasteiger partial charge in [-0.1, -0.05) is 25.7 Å². The molecule has 1 fully saturated rings. The van der Waals surface area contributed by atoms with E-state index in [1.54, 1.807) is 0 Å². The highest BCUT2D eigenvalue weighted by atomic mass is 79.9. The molecule has 0 radical (unpaired) electrons. The lowest BCUT2D eigenvalue weighted by Gasteiger charge is -2.15. The molecule has 0 aromatic carbocycles. The smallest absolute Gasteiger partial charge is 0.358 e. The largest absolute Gasteiger partial charge is 0.404 e. The van der Waals surface area contributed by atoms with Crippen molar-refractivity contribution in [2.75, 3.05) is 0 Å². The summed E-state index contributed by atoms with van der Waals surface area (Å²) in [6.07, 6.45) is 8.21. The summed E-state index contributed by atoms with van der Waals surface area (Å²) in [4.78, 5) is 22.0. The minimum Gasteiger partial charge on any atom is -0.358 e. The van der Waals surface area contributed by atoms with Gasteiger partial charge in [0.15, 0.2) is 0 Å². The zero-order valence-electron chi connectivity index (χ0n) is 11.0. The van der Waals surface area contributed by atoms with Crippen LogP contribution < -0.4 is 5.32 Å². The van der Waals surface area contributed by atoms with Gasteiger partial charge in [0.25, 0.3) is 0 Å². The van der Waals surface area contributed by atoms with E-state index in [0.29, 0.717) is 0 Å². The van der Waals surface area contributed by atoms with Gasteiger partial charge in [0.1, 0.15) is 11.0 Å². The molecule has 1 aromatic heterocycles. The second-order valence-electron chi connectivity index (χ2n) is 5.01. The molecule has 20 heavy (non-hydrogen) atoms. The fraction of sp³-hybridized carbons (Fsp3) is 0.667. The molecular formula is C12H17BrN4O3. The molecule has 0 atom stereocenters. The Balaban J connectivity index is 1.90. The van der Waals surface area contributed by atoms with E-state index >= 15 is 0 Å². The molecule has 0 saturated heterocycles. The molecule has 7 nitrogen and oxygen atoms in total. The molecule has 1 aliphatic rings. The number of hydrogen-bond acceptors (Lipinski definition) is 4. The maximum absolute atomic E-state index is 11.9. The Morgan fingerprint density at radius 2 is 2.10 bits per heavy atom. The number of hydrogen-bond donors (Lipinski definition) is 1. The van der Waals surface area contributed by atoms with Gasteiger partial charge in [0.05, 0.1) is 11.3 Å². The molecule has 0 unspecified atom stereocenters. The molecular weight excluding hydrogens is 328 g/mol. The van der Waals surface area contributed by atoms with Crippen molar-refractivity contribution in [2.45, 2.75) is 51.1 Å². The summed E-state index contributed by atoms with van der Waals surface area (Å²) in [6, 6.07) is 0.221. The third kappa shape index (κ3) is 4.03. The van der Waals surface area contributed by atoms with Crippen molar-refractivity contribution in [3.05, 3.63) is 20.8 Å². The van der Waals surface area contributed by atoms with Crippen LogP contribution in [0.2, 0.25) is 0 Å². The van der Waals surface area contributed by atoms with Crippen molar-refractivity contribution < 1.29 is 9.72 Å². The second-order valence-corrected chi connectivity index (χ2v) is 5.87. The zero-order chi connectivity index (χ0) is 14.5. The molecule has 0 bridgehead atoms. The van der Waals surface area contributed by atoms with E-state index in [9.17, 15) is 14.9 Å². The van der Waals surface area contributed by atoms with Gasteiger partial charge in [-0.2, -0.15) is 4.68 Å². The molecule has 1 amide bonds. The second kappa shape index (κ2) is 6.83. The lowest BCUT2D eigenvalue weighted by molar-refractivity contribution is -0.390. The van der Waals surface area contributed by atoms with Crippen LogP contribution in [0.25, 0.3) is 0 Å². The number of halogens is 1. The van der Waals surface area contributed by atoms with Crippen LogP contribution in [0, 0.1) is 10.1 Å². The Morgan fingerprint density at radius 3 is 2.65 bits per heavy atom. The van der Waals surface area contributed by atoms with Crippen LogP contribution in [0.5, 0.6) is 0 Å². The molecule has 1 N–H and O–H groups in total. The van der Waals surface area contributed by atoms with Crippen molar-refractivity contribution in [1.82, 2.24) is 15.1 Å². The van der Waals surface area contributed by atoms with E-state index in [1.165, 1.54) is 23.7 Å². The predicted molar refractivity (Wildman–Crippen MR) is 76.2 cm³/mol. The summed E-state index contributed by atoms with van der Waals surface area (Å²) in [5, 5.41) is 17.4. The fourth-order valence-corrected chi connectivity index (χ4v) is 2.90. The fourth-order valence-electron chi connectivity index (χ4n) is 2.44. The molecule has 0 aliphatic heterocycles. The number of rotatable bonds is 4. The lowest BCUT2D eigenvalue weighted by atomic mass is 10.1. The normalized spacial score (nSPS) is 16.6. The van der Waals surface area contributed by atoms with Crippen LogP contribution in [0.15, 0.2) is 10.7 Å². The number of amides is 1. The Hall–Kier alpha value is -1.44. The average molecular weight is 345 g/mol. The molecule has 1 saturated carbocycles. The monoisotopic (exact) mass is 344 g/mol. The van der Waals surface area contributed by atoms with Crippen molar-refractivity contribution in [3.8, 4) is 0 Å². The predicted octanol–water partition coefficient (Wildman–Crippen LogP) is 2.39. The maximum Gasteiger partial charge on any atom is 0.404 e. The standard InChI is InChI=1S/C12H17BrN4O3/c13-10-7-16(15-12(10)17(19)20)8-11(18)14-9-5-3-1-2-4-6-9/h7,9H,1-6,8H2,(H,14,18). The molecule has 1 aromatic rings. The van der Waals surface area contributed by atoms with Crippen molar-refractivity contribution in [1.29, 1.82) is 0 Å². The Morgan fingerprint density at radius 1 is 1.45 bits per heavy atom. The van der Waals surface area contributed by atoms with Crippen LogP contribution in [0.4, 0.5) is 5.82 Å². The minimum absolute atomic E-state index is 0.00292. The van der Waals surface area contributed by atoms with Gasteiger partial charge < -0.3 is 15.4 Å². The summed E-state index contributed by atoms with van der Waals surface area (Å²) in [7, 11) is 0. The summed E-state index contributed by atoms with van der Waals surface area (Å²) >= 11 is 3.06. The highest BCUT2D eigenvalue weighted by molar-refractivity contribution is 9.10. The lowest BCUT2D eigenvalue weighted by Crippen LogP contribution is -2.36.